The third-order valence-electron chi connectivity index (χ3n) is 4.11. The summed E-state index contributed by atoms with van der Waals surface area (Å²) in [6.45, 7) is 3.94. The first-order chi connectivity index (χ1) is 11.4. The fourth-order valence-electron chi connectivity index (χ4n) is 2.67. The molecule has 0 saturated carbocycles. The van der Waals surface area contributed by atoms with Crippen molar-refractivity contribution < 1.29 is 13.2 Å². The van der Waals surface area contributed by atoms with E-state index in [1.807, 2.05) is 44.2 Å². The number of hydrogen-bond acceptors (Lipinski definition) is 3. The maximum atomic E-state index is 12.9. The van der Waals surface area contributed by atoms with Crippen LogP contribution in [0.1, 0.15) is 11.1 Å². The molecule has 0 aliphatic carbocycles. The molecule has 3 aromatic carbocycles. The van der Waals surface area contributed by atoms with E-state index in [1.54, 1.807) is 31.4 Å². The van der Waals surface area contributed by atoms with Crippen molar-refractivity contribution in [2.75, 3.05) is 11.8 Å². The van der Waals surface area contributed by atoms with Crippen LogP contribution in [0.5, 0.6) is 5.75 Å². The van der Waals surface area contributed by atoms with Crippen LogP contribution in [0.25, 0.3) is 10.8 Å². The summed E-state index contributed by atoms with van der Waals surface area (Å²) in [4.78, 5) is 0.233. The number of hydrogen-bond donors (Lipinski definition) is 1. The lowest BCUT2D eigenvalue weighted by atomic mass is 10.1. The van der Waals surface area contributed by atoms with Gasteiger partial charge in [-0.1, -0.05) is 30.3 Å². The topological polar surface area (TPSA) is 55.4 Å². The van der Waals surface area contributed by atoms with Crippen molar-refractivity contribution in [3.05, 3.63) is 65.7 Å². The average molecular weight is 341 g/mol. The number of sulfonamides is 1. The highest BCUT2D eigenvalue weighted by molar-refractivity contribution is 7.93. The molecule has 0 aliphatic heterocycles. The van der Waals surface area contributed by atoms with Crippen molar-refractivity contribution in [1.82, 2.24) is 0 Å². The Morgan fingerprint density at radius 1 is 0.875 bits per heavy atom. The van der Waals surface area contributed by atoms with Gasteiger partial charge in [0, 0.05) is 16.5 Å². The molecule has 3 aromatic rings. The maximum absolute atomic E-state index is 12.9. The van der Waals surface area contributed by atoms with Crippen molar-refractivity contribution in [2.45, 2.75) is 18.7 Å². The van der Waals surface area contributed by atoms with Crippen molar-refractivity contribution >= 4 is 26.5 Å². The van der Waals surface area contributed by atoms with Gasteiger partial charge in [-0.2, -0.15) is 0 Å². The number of fused-ring (bicyclic) bond motifs is 1. The van der Waals surface area contributed by atoms with Gasteiger partial charge in [0.05, 0.1) is 12.0 Å². The predicted molar refractivity (Wildman–Crippen MR) is 97.2 cm³/mol. The first kappa shape index (κ1) is 16.3. The normalized spacial score (nSPS) is 11.5. The van der Waals surface area contributed by atoms with E-state index in [1.165, 1.54) is 0 Å². The summed E-state index contributed by atoms with van der Waals surface area (Å²) in [5.41, 5.74) is 2.71. The minimum Gasteiger partial charge on any atom is -0.496 e. The standard InChI is InChI=1S/C19H19NO3S/c1-13-8-9-15(12-14(13)2)20-24(21,22)19-11-10-18(23-3)16-6-4-5-7-17(16)19/h4-12,20H,1-3H3. The predicted octanol–water partition coefficient (Wildman–Crippen LogP) is 4.27. The zero-order chi connectivity index (χ0) is 17.3. The van der Waals surface area contributed by atoms with E-state index < -0.39 is 10.0 Å². The Kier molecular flexibility index (Phi) is 4.20. The maximum Gasteiger partial charge on any atom is 0.262 e. The van der Waals surface area contributed by atoms with Crippen LogP contribution in [0.4, 0.5) is 5.69 Å². The lowest BCUT2D eigenvalue weighted by Crippen LogP contribution is -2.13. The molecule has 5 heteroatoms. The SMILES string of the molecule is COc1ccc(S(=O)(=O)Nc2ccc(C)c(C)c2)c2ccccc12. The van der Waals surface area contributed by atoms with Gasteiger partial charge in [0.15, 0.2) is 0 Å². The van der Waals surface area contributed by atoms with Crippen LogP contribution in [-0.4, -0.2) is 15.5 Å². The third-order valence-corrected chi connectivity index (χ3v) is 5.55. The first-order valence-electron chi connectivity index (χ1n) is 7.58. The molecule has 0 unspecified atom stereocenters. The lowest BCUT2D eigenvalue weighted by Gasteiger charge is -2.13. The molecule has 0 saturated heterocycles. The van der Waals surface area contributed by atoms with Crippen molar-refractivity contribution in [3.63, 3.8) is 0 Å². The lowest BCUT2D eigenvalue weighted by molar-refractivity contribution is 0.419. The molecule has 1 N–H and O–H groups in total. The van der Waals surface area contributed by atoms with Gasteiger partial charge >= 0.3 is 0 Å². The van der Waals surface area contributed by atoms with E-state index in [4.69, 9.17) is 4.74 Å². The van der Waals surface area contributed by atoms with Crippen molar-refractivity contribution in [2.24, 2.45) is 0 Å². The highest BCUT2D eigenvalue weighted by Crippen LogP contribution is 2.31. The van der Waals surface area contributed by atoms with E-state index in [-0.39, 0.29) is 4.90 Å². The molecule has 0 fully saturated rings. The van der Waals surface area contributed by atoms with Gasteiger partial charge in [-0.25, -0.2) is 8.42 Å². The smallest absolute Gasteiger partial charge is 0.262 e. The number of nitrogens with one attached hydrogen (secondary N) is 1. The molecule has 0 radical (unpaired) electrons. The molecule has 4 nitrogen and oxygen atoms in total. The van der Waals surface area contributed by atoms with Gasteiger partial charge in [-0.05, 0) is 49.2 Å². The number of anilines is 1. The fraction of sp³-hybridized carbons (Fsp3) is 0.158. The number of benzene rings is 3. The van der Waals surface area contributed by atoms with Gasteiger partial charge in [0.2, 0.25) is 0 Å². The number of ether oxygens (including phenoxy) is 1. The molecule has 0 aromatic heterocycles. The molecule has 0 spiro atoms. The number of aryl methyl sites for hydroxylation is 2. The highest BCUT2D eigenvalue weighted by Gasteiger charge is 2.19. The molecule has 0 atom stereocenters. The van der Waals surface area contributed by atoms with Gasteiger partial charge in [-0.3, -0.25) is 4.72 Å². The Bertz CT molecular complexity index is 1010. The number of rotatable bonds is 4. The summed E-state index contributed by atoms with van der Waals surface area (Å²) >= 11 is 0. The second-order valence-corrected chi connectivity index (χ2v) is 7.37. The number of methoxy groups -OCH3 is 1. The third kappa shape index (κ3) is 2.95. The molecule has 3 rings (SSSR count). The van der Waals surface area contributed by atoms with Gasteiger partial charge in [0.1, 0.15) is 5.75 Å². The Labute approximate surface area is 142 Å². The summed E-state index contributed by atoms with van der Waals surface area (Å²) in [5.74, 6) is 0.649. The minimum atomic E-state index is -3.70. The second-order valence-electron chi connectivity index (χ2n) is 5.72. The molecule has 0 bridgehead atoms. The Hall–Kier alpha value is -2.53. The molecule has 0 aliphatic rings. The summed E-state index contributed by atoms with van der Waals surface area (Å²) in [6, 6.07) is 16.1. The Morgan fingerprint density at radius 3 is 2.25 bits per heavy atom. The Morgan fingerprint density at radius 2 is 1.58 bits per heavy atom. The van der Waals surface area contributed by atoms with Crippen LogP contribution in [0.3, 0.4) is 0 Å². The molecule has 124 valence electrons. The molecular formula is C19H19NO3S. The van der Waals surface area contributed by atoms with Gasteiger partial charge in [0.25, 0.3) is 10.0 Å². The molecular weight excluding hydrogens is 322 g/mol. The van der Waals surface area contributed by atoms with Gasteiger partial charge < -0.3 is 4.74 Å². The quantitative estimate of drug-likeness (QED) is 0.771. The minimum absolute atomic E-state index is 0.233. The van der Waals surface area contributed by atoms with E-state index in [0.29, 0.717) is 16.8 Å². The van der Waals surface area contributed by atoms with Crippen LogP contribution in [0.15, 0.2) is 59.5 Å². The van der Waals surface area contributed by atoms with E-state index in [9.17, 15) is 8.42 Å². The summed E-state index contributed by atoms with van der Waals surface area (Å²) in [5, 5.41) is 1.40. The van der Waals surface area contributed by atoms with Crippen LogP contribution < -0.4 is 9.46 Å². The van der Waals surface area contributed by atoms with E-state index in [2.05, 4.69) is 4.72 Å². The van der Waals surface area contributed by atoms with E-state index in [0.717, 1.165) is 16.5 Å². The second kappa shape index (κ2) is 6.17. The Balaban J connectivity index is 2.10. The van der Waals surface area contributed by atoms with Crippen molar-refractivity contribution in [3.8, 4) is 5.75 Å². The van der Waals surface area contributed by atoms with E-state index >= 15 is 0 Å². The summed E-state index contributed by atoms with van der Waals surface area (Å²) in [7, 11) is -2.13. The largest absolute Gasteiger partial charge is 0.496 e. The zero-order valence-corrected chi connectivity index (χ0v) is 14.6. The molecule has 24 heavy (non-hydrogen) atoms. The fourth-order valence-corrected chi connectivity index (χ4v) is 3.93. The van der Waals surface area contributed by atoms with Crippen LogP contribution in [-0.2, 0) is 10.0 Å². The van der Waals surface area contributed by atoms with Crippen LogP contribution >= 0.6 is 0 Å². The average Bonchev–Trinajstić information content (AvgIpc) is 2.56. The summed E-state index contributed by atoms with van der Waals surface area (Å²) < 4.78 is 33.7. The molecule has 0 heterocycles. The van der Waals surface area contributed by atoms with Gasteiger partial charge in [-0.15, -0.1) is 0 Å². The first-order valence-corrected chi connectivity index (χ1v) is 9.06. The zero-order valence-electron chi connectivity index (χ0n) is 13.8. The van der Waals surface area contributed by atoms with Crippen LogP contribution in [0.2, 0.25) is 0 Å². The highest BCUT2D eigenvalue weighted by atomic mass is 32.2. The summed E-state index contributed by atoms with van der Waals surface area (Å²) in [6.07, 6.45) is 0. The monoisotopic (exact) mass is 341 g/mol. The molecule has 0 amide bonds. The van der Waals surface area contributed by atoms with Crippen LogP contribution in [0, 0.1) is 13.8 Å². The van der Waals surface area contributed by atoms with Crippen molar-refractivity contribution in [1.29, 1.82) is 0 Å².